The highest BCUT2D eigenvalue weighted by molar-refractivity contribution is 8.00. The Bertz CT molecular complexity index is 960. The third-order valence-corrected chi connectivity index (χ3v) is 6.95. The Hall–Kier alpha value is -2.76. The second kappa shape index (κ2) is 10.0. The van der Waals surface area contributed by atoms with Crippen molar-refractivity contribution >= 4 is 17.7 Å². The van der Waals surface area contributed by atoms with E-state index in [0.29, 0.717) is 0 Å². The van der Waals surface area contributed by atoms with Crippen LogP contribution in [0.2, 0.25) is 0 Å². The van der Waals surface area contributed by atoms with Crippen LogP contribution in [-0.2, 0) is 9.53 Å². The van der Waals surface area contributed by atoms with Crippen LogP contribution in [0.25, 0.3) is 22.3 Å². The highest BCUT2D eigenvalue weighted by Crippen LogP contribution is 2.44. The van der Waals surface area contributed by atoms with E-state index in [1.54, 1.807) is 11.8 Å². The summed E-state index contributed by atoms with van der Waals surface area (Å²) in [6.07, 6.45) is 3.95. The van der Waals surface area contributed by atoms with Gasteiger partial charge in [-0.3, -0.25) is 0 Å². The molecule has 5 heteroatoms. The van der Waals surface area contributed by atoms with E-state index in [9.17, 15) is 9.90 Å². The van der Waals surface area contributed by atoms with E-state index in [0.717, 1.165) is 52.8 Å². The first-order valence-corrected chi connectivity index (χ1v) is 11.5. The summed E-state index contributed by atoms with van der Waals surface area (Å²) < 4.78 is 5.71. The Kier molecular flexibility index (Phi) is 6.95. The van der Waals surface area contributed by atoms with Crippen molar-refractivity contribution in [3.63, 3.8) is 0 Å². The molecular weight excluding hydrogens is 408 g/mol. The van der Waals surface area contributed by atoms with Gasteiger partial charge < -0.3 is 14.9 Å². The molecule has 4 nitrogen and oxygen atoms in total. The lowest BCUT2D eigenvalue weighted by Gasteiger charge is -2.31. The second-order valence-electron chi connectivity index (χ2n) is 7.78. The molecule has 0 bridgehead atoms. The topological polar surface area (TPSA) is 66.8 Å². The lowest BCUT2D eigenvalue weighted by molar-refractivity contribution is -0.144. The summed E-state index contributed by atoms with van der Waals surface area (Å²) in [6.45, 7) is -0.262. The van der Waals surface area contributed by atoms with Crippen molar-refractivity contribution in [3.8, 4) is 28.0 Å². The Morgan fingerprint density at radius 3 is 2.00 bits per heavy atom. The Labute approximate surface area is 186 Å². The van der Waals surface area contributed by atoms with Crippen LogP contribution in [0.3, 0.4) is 0 Å². The van der Waals surface area contributed by atoms with Crippen molar-refractivity contribution in [1.29, 1.82) is 0 Å². The van der Waals surface area contributed by atoms with E-state index >= 15 is 0 Å². The molecule has 3 aromatic rings. The number of carboxylic acid groups (broad SMARTS) is 1. The molecule has 0 aromatic heterocycles. The maximum absolute atomic E-state index is 11.1. The molecule has 0 amide bonds. The zero-order valence-electron chi connectivity index (χ0n) is 17.2. The average molecular weight is 435 g/mol. The van der Waals surface area contributed by atoms with Gasteiger partial charge in [-0.15, -0.1) is 11.8 Å². The normalized spacial score (nSPS) is 18.6. The van der Waals surface area contributed by atoms with Gasteiger partial charge in [0.05, 0.1) is 6.10 Å². The van der Waals surface area contributed by atoms with Gasteiger partial charge >= 0.3 is 5.97 Å². The molecule has 0 aliphatic heterocycles. The highest BCUT2D eigenvalue weighted by Gasteiger charge is 2.28. The summed E-state index contributed by atoms with van der Waals surface area (Å²) in [7, 11) is 0. The zero-order chi connectivity index (χ0) is 21.6. The van der Waals surface area contributed by atoms with Gasteiger partial charge in [0.2, 0.25) is 0 Å². The van der Waals surface area contributed by atoms with Gasteiger partial charge in [-0.25, -0.2) is 4.79 Å². The van der Waals surface area contributed by atoms with Crippen molar-refractivity contribution in [2.75, 3.05) is 6.61 Å². The lowest BCUT2D eigenvalue weighted by atomic mass is 9.97. The average Bonchev–Trinajstić information content (AvgIpc) is 2.80. The summed E-state index contributed by atoms with van der Waals surface area (Å²) in [6, 6.07) is 23.8. The fraction of sp³-hybridized carbons (Fsp3) is 0.269. The van der Waals surface area contributed by atoms with Crippen molar-refractivity contribution < 1.29 is 19.7 Å². The van der Waals surface area contributed by atoms with Gasteiger partial charge in [0.15, 0.2) is 0 Å². The maximum atomic E-state index is 11.1. The molecule has 31 heavy (non-hydrogen) atoms. The third kappa shape index (κ3) is 5.30. The molecule has 160 valence electrons. The van der Waals surface area contributed by atoms with Gasteiger partial charge in [0, 0.05) is 21.3 Å². The fourth-order valence-electron chi connectivity index (χ4n) is 4.09. The predicted octanol–water partition coefficient (Wildman–Crippen LogP) is 6.23. The van der Waals surface area contributed by atoms with Gasteiger partial charge in [0.1, 0.15) is 12.4 Å². The SMILES string of the molecule is O=C(O)COC1CCCCC1Sc1cc(-c2ccccc2)c(O)c(-c2ccccc2)c1. The number of phenolic OH excluding ortho intramolecular Hbond substituents is 1. The minimum atomic E-state index is -0.934. The second-order valence-corrected chi connectivity index (χ2v) is 9.10. The minimum Gasteiger partial charge on any atom is -0.507 e. The number of thioether (sulfide) groups is 1. The number of aliphatic carboxylic acids is 1. The van der Waals surface area contributed by atoms with Crippen molar-refractivity contribution in [1.82, 2.24) is 0 Å². The molecule has 0 spiro atoms. The van der Waals surface area contributed by atoms with Crippen LogP contribution < -0.4 is 0 Å². The minimum absolute atomic E-state index is 0.0796. The van der Waals surface area contributed by atoms with Gasteiger partial charge in [-0.2, -0.15) is 0 Å². The van der Waals surface area contributed by atoms with Crippen LogP contribution in [0.15, 0.2) is 77.7 Å². The van der Waals surface area contributed by atoms with Crippen LogP contribution in [-0.4, -0.2) is 34.1 Å². The first kappa shape index (κ1) is 21.5. The summed E-state index contributed by atoms with van der Waals surface area (Å²) >= 11 is 1.72. The molecular formula is C26H26O4S. The number of hydrogen-bond donors (Lipinski definition) is 2. The van der Waals surface area contributed by atoms with Crippen LogP contribution in [0.5, 0.6) is 5.75 Å². The standard InChI is InChI=1S/C26H26O4S/c27-25(28)17-30-23-13-7-8-14-24(23)31-20-15-21(18-9-3-1-4-10-18)26(29)22(16-20)19-11-5-2-6-12-19/h1-6,9-12,15-16,23-24,29H,7-8,13-14,17H2,(H,27,28). The fourth-order valence-corrected chi connectivity index (χ4v) is 5.47. The molecule has 1 saturated carbocycles. The largest absolute Gasteiger partial charge is 0.507 e. The number of carboxylic acids is 1. The van der Waals surface area contributed by atoms with E-state index < -0.39 is 5.97 Å². The molecule has 0 saturated heterocycles. The van der Waals surface area contributed by atoms with E-state index in [-0.39, 0.29) is 23.7 Å². The molecule has 4 rings (SSSR count). The smallest absolute Gasteiger partial charge is 0.329 e. The summed E-state index contributed by atoms with van der Waals surface area (Å²) in [4.78, 5) is 12.0. The third-order valence-electron chi connectivity index (χ3n) is 5.60. The molecule has 1 aliphatic carbocycles. The van der Waals surface area contributed by atoms with Crippen LogP contribution >= 0.6 is 11.8 Å². The van der Waals surface area contributed by atoms with E-state index in [4.69, 9.17) is 9.84 Å². The highest BCUT2D eigenvalue weighted by atomic mass is 32.2. The van der Waals surface area contributed by atoms with Crippen LogP contribution in [0, 0.1) is 0 Å². The predicted molar refractivity (Wildman–Crippen MR) is 124 cm³/mol. The Balaban J connectivity index is 1.70. The van der Waals surface area contributed by atoms with Crippen LogP contribution in [0.1, 0.15) is 25.7 Å². The molecule has 2 atom stereocenters. The number of phenols is 1. The number of aromatic hydroxyl groups is 1. The number of ether oxygens (including phenoxy) is 1. The molecule has 2 unspecified atom stereocenters. The van der Waals surface area contributed by atoms with E-state index in [1.807, 2.05) is 72.8 Å². The number of rotatable bonds is 7. The molecule has 2 N–H and O–H groups in total. The van der Waals surface area contributed by atoms with Gasteiger partial charge in [-0.05, 0) is 36.1 Å². The van der Waals surface area contributed by atoms with E-state index in [2.05, 4.69) is 0 Å². The number of carbonyl (C=O) groups is 1. The molecule has 3 aromatic carbocycles. The van der Waals surface area contributed by atoms with Crippen molar-refractivity contribution in [3.05, 3.63) is 72.8 Å². The van der Waals surface area contributed by atoms with E-state index in [1.165, 1.54) is 0 Å². The molecule has 0 radical (unpaired) electrons. The Morgan fingerprint density at radius 1 is 0.903 bits per heavy atom. The first-order valence-electron chi connectivity index (χ1n) is 10.6. The Morgan fingerprint density at radius 2 is 1.45 bits per heavy atom. The summed E-state index contributed by atoms with van der Waals surface area (Å²) in [5, 5.41) is 20.3. The summed E-state index contributed by atoms with van der Waals surface area (Å²) in [5.41, 5.74) is 3.51. The monoisotopic (exact) mass is 434 g/mol. The quantitative estimate of drug-likeness (QED) is 0.461. The van der Waals surface area contributed by atoms with Gasteiger partial charge in [-0.1, -0.05) is 73.5 Å². The molecule has 1 aliphatic rings. The lowest BCUT2D eigenvalue weighted by Crippen LogP contribution is -2.31. The van der Waals surface area contributed by atoms with Crippen molar-refractivity contribution in [2.24, 2.45) is 0 Å². The number of hydrogen-bond acceptors (Lipinski definition) is 4. The molecule has 1 fully saturated rings. The first-order chi connectivity index (χ1) is 15.1. The maximum Gasteiger partial charge on any atom is 0.329 e. The van der Waals surface area contributed by atoms with Gasteiger partial charge in [0.25, 0.3) is 0 Å². The van der Waals surface area contributed by atoms with Crippen LogP contribution in [0.4, 0.5) is 0 Å². The van der Waals surface area contributed by atoms with Crippen molar-refractivity contribution in [2.45, 2.75) is 41.9 Å². The zero-order valence-corrected chi connectivity index (χ0v) is 18.1. The summed E-state index contributed by atoms with van der Waals surface area (Å²) in [5.74, 6) is -0.666. The molecule has 0 heterocycles. The number of benzene rings is 3.